The average molecular weight is 492 g/mol. The van der Waals surface area contributed by atoms with Gasteiger partial charge in [0.25, 0.3) is 5.56 Å². The molecule has 0 unspecified atom stereocenters. The van der Waals surface area contributed by atoms with Crippen molar-refractivity contribution in [3.8, 4) is 17.0 Å². The Morgan fingerprint density at radius 1 is 1.19 bits per heavy atom. The highest BCUT2D eigenvalue weighted by Crippen LogP contribution is 2.38. The van der Waals surface area contributed by atoms with E-state index in [1.807, 2.05) is 36.4 Å². The second-order valence-electron chi connectivity index (χ2n) is 8.71. The van der Waals surface area contributed by atoms with Gasteiger partial charge in [0.15, 0.2) is 0 Å². The van der Waals surface area contributed by atoms with Crippen LogP contribution >= 0.6 is 0 Å². The molecular weight excluding hydrogens is 466 g/mol. The Kier molecular flexibility index (Phi) is 6.15. The highest BCUT2D eigenvalue weighted by Gasteiger charge is 2.40. The molecule has 3 heterocycles. The first-order valence-electron chi connectivity index (χ1n) is 11.4. The van der Waals surface area contributed by atoms with Crippen molar-refractivity contribution < 1.29 is 19.0 Å². The van der Waals surface area contributed by atoms with Crippen LogP contribution in [0.2, 0.25) is 0 Å². The molecular formula is C25H25N5O6. The summed E-state index contributed by atoms with van der Waals surface area (Å²) in [6.07, 6.45) is 2.19. The largest absolute Gasteiger partial charge is 0.497 e. The van der Waals surface area contributed by atoms with E-state index >= 15 is 0 Å². The lowest BCUT2D eigenvalue weighted by atomic mass is 10.0. The minimum atomic E-state index is -0.695. The Morgan fingerprint density at radius 3 is 2.75 bits per heavy atom. The molecule has 1 saturated heterocycles. The maximum Gasteiger partial charge on any atom is 0.330 e. The average Bonchev–Trinajstić information content (AvgIpc) is 3.51. The monoisotopic (exact) mass is 491 g/mol. The zero-order chi connectivity index (χ0) is 25.4. The number of ether oxygens (including phenoxy) is 3. The Bertz CT molecular complexity index is 1550. The van der Waals surface area contributed by atoms with Gasteiger partial charge < -0.3 is 14.2 Å². The van der Waals surface area contributed by atoms with Crippen LogP contribution in [0.15, 0.2) is 58.4 Å². The molecule has 1 N–H and O–H groups in total. The summed E-state index contributed by atoms with van der Waals surface area (Å²) in [7, 11) is 1.63. The quantitative estimate of drug-likeness (QED) is 0.407. The smallest absolute Gasteiger partial charge is 0.330 e. The van der Waals surface area contributed by atoms with Gasteiger partial charge in [0.05, 0.1) is 25.0 Å². The summed E-state index contributed by atoms with van der Waals surface area (Å²) in [5, 5.41) is 10.5. The van der Waals surface area contributed by atoms with Crippen molar-refractivity contribution in [2.45, 2.75) is 38.6 Å². The van der Waals surface area contributed by atoms with Crippen molar-refractivity contribution in [1.29, 1.82) is 0 Å². The number of H-pyrrole nitrogens is 1. The molecule has 2 aromatic carbocycles. The number of aromatic nitrogens is 5. The molecule has 1 aliphatic rings. The third kappa shape index (κ3) is 4.40. The van der Waals surface area contributed by atoms with Crippen LogP contribution < -0.4 is 16.0 Å². The van der Waals surface area contributed by atoms with Gasteiger partial charge >= 0.3 is 11.7 Å². The lowest BCUT2D eigenvalue weighted by molar-refractivity contribution is -0.146. The number of carbonyl (C=O) groups excluding carboxylic acids is 1. The van der Waals surface area contributed by atoms with Crippen molar-refractivity contribution in [3.05, 3.63) is 75.2 Å². The number of benzene rings is 2. The van der Waals surface area contributed by atoms with Crippen LogP contribution in [0.1, 0.15) is 31.2 Å². The van der Waals surface area contributed by atoms with Crippen molar-refractivity contribution in [1.82, 2.24) is 24.5 Å². The van der Waals surface area contributed by atoms with Crippen LogP contribution in [0.4, 0.5) is 0 Å². The van der Waals surface area contributed by atoms with Crippen molar-refractivity contribution >= 4 is 16.7 Å². The van der Waals surface area contributed by atoms with Gasteiger partial charge in [-0.25, -0.2) is 9.48 Å². The van der Waals surface area contributed by atoms with E-state index in [0.29, 0.717) is 12.0 Å². The van der Waals surface area contributed by atoms with Crippen molar-refractivity contribution in [3.63, 3.8) is 0 Å². The van der Waals surface area contributed by atoms with Crippen molar-refractivity contribution in [2.75, 3.05) is 13.7 Å². The minimum Gasteiger partial charge on any atom is -0.497 e. The zero-order valence-corrected chi connectivity index (χ0v) is 20.0. The minimum absolute atomic E-state index is 0.0234. The van der Waals surface area contributed by atoms with E-state index in [4.69, 9.17) is 14.2 Å². The molecule has 0 bridgehead atoms. The highest BCUT2D eigenvalue weighted by atomic mass is 16.6. The topological polar surface area (TPSA) is 130 Å². The van der Waals surface area contributed by atoms with E-state index in [9.17, 15) is 14.4 Å². The number of fused-ring (bicyclic) bond motifs is 1. The lowest BCUT2D eigenvalue weighted by Crippen LogP contribution is -2.33. The Hall–Kier alpha value is -4.25. The molecule has 1 fully saturated rings. The third-order valence-electron chi connectivity index (χ3n) is 6.34. The molecule has 0 radical (unpaired) electrons. The first kappa shape index (κ1) is 23.5. The Labute approximate surface area is 205 Å². The molecule has 3 atom stereocenters. The summed E-state index contributed by atoms with van der Waals surface area (Å²) in [6, 6.07) is 11.5. The van der Waals surface area contributed by atoms with Gasteiger partial charge in [0, 0.05) is 30.7 Å². The number of nitrogens with one attached hydrogen (secondary N) is 1. The number of methoxy groups -OCH3 is 1. The third-order valence-corrected chi connectivity index (χ3v) is 6.34. The molecule has 4 aromatic rings. The predicted molar refractivity (Wildman–Crippen MR) is 130 cm³/mol. The highest BCUT2D eigenvalue weighted by molar-refractivity contribution is 5.87. The summed E-state index contributed by atoms with van der Waals surface area (Å²) < 4.78 is 19.8. The summed E-state index contributed by atoms with van der Waals surface area (Å²) >= 11 is 0. The van der Waals surface area contributed by atoms with E-state index in [2.05, 4.69) is 15.3 Å². The summed E-state index contributed by atoms with van der Waals surface area (Å²) in [5.41, 5.74) is 0.998. The van der Waals surface area contributed by atoms with Crippen LogP contribution in [0.3, 0.4) is 0 Å². The normalized spacial score (nSPS) is 19.5. The number of aryl methyl sites for hydroxylation is 1. The summed E-state index contributed by atoms with van der Waals surface area (Å²) in [5.74, 6) is 0.332. The predicted octanol–water partition coefficient (Wildman–Crippen LogP) is 2.36. The van der Waals surface area contributed by atoms with Gasteiger partial charge in [-0.2, -0.15) is 0 Å². The molecule has 186 valence electrons. The molecule has 5 rings (SSSR count). The fourth-order valence-electron chi connectivity index (χ4n) is 4.50. The van der Waals surface area contributed by atoms with Gasteiger partial charge in [0.1, 0.15) is 24.7 Å². The number of nitrogens with zero attached hydrogens (tertiary/aromatic N) is 4. The molecule has 0 spiro atoms. The van der Waals surface area contributed by atoms with Gasteiger partial charge in [-0.1, -0.05) is 23.4 Å². The molecule has 11 heteroatoms. The van der Waals surface area contributed by atoms with Crippen LogP contribution in [0.5, 0.6) is 5.75 Å². The second kappa shape index (κ2) is 9.42. The van der Waals surface area contributed by atoms with Crippen LogP contribution in [-0.2, 0) is 14.3 Å². The molecule has 36 heavy (non-hydrogen) atoms. The lowest BCUT2D eigenvalue weighted by Gasteiger charge is -2.20. The molecule has 1 aliphatic heterocycles. The van der Waals surface area contributed by atoms with Gasteiger partial charge in [-0.15, -0.1) is 5.10 Å². The van der Waals surface area contributed by atoms with Crippen molar-refractivity contribution in [2.24, 2.45) is 0 Å². The van der Waals surface area contributed by atoms with Gasteiger partial charge in [-0.3, -0.25) is 19.1 Å². The van der Waals surface area contributed by atoms with Crippen LogP contribution in [-0.4, -0.2) is 50.3 Å². The van der Waals surface area contributed by atoms with Gasteiger partial charge in [0.2, 0.25) is 0 Å². The SMILES string of the molecule is COc1ccc2cc(-c3cnnn3[C@H]3C[C@H](n4cc(C)c(=O)[nH]c4=O)O[C@@H]3COC(C)=O)ccc2c1. The van der Waals surface area contributed by atoms with E-state index in [-0.39, 0.29) is 6.61 Å². The molecule has 11 nitrogen and oxygen atoms in total. The van der Waals surface area contributed by atoms with Crippen LogP contribution in [0, 0.1) is 6.92 Å². The second-order valence-corrected chi connectivity index (χ2v) is 8.71. The Morgan fingerprint density at radius 2 is 1.97 bits per heavy atom. The molecule has 2 aromatic heterocycles. The van der Waals surface area contributed by atoms with Gasteiger partial charge in [-0.05, 0) is 35.9 Å². The Balaban J connectivity index is 1.52. The number of esters is 1. The summed E-state index contributed by atoms with van der Waals surface area (Å²) in [4.78, 5) is 38.2. The van der Waals surface area contributed by atoms with E-state index in [0.717, 1.165) is 27.8 Å². The van der Waals surface area contributed by atoms with E-state index in [1.165, 1.54) is 17.7 Å². The number of carbonyl (C=O) groups is 1. The van der Waals surface area contributed by atoms with E-state index < -0.39 is 35.6 Å². The molecule has 0 amide bonds. The standard InChI is InChI=1S/C25H25N5O6/c1-14-12-29(25(33)27-24(14)32)23-10-20(22(36-23)13-35-15(2)31)30-21(11-26-28-30)18-5-4-17-9-19(34-3)7-6-16(17)8-18/h4-9,11-12,20,22-23H,10,13H2,1-3H3,(H,27,32,33)/t20-,22+,23+/m0/s1. The molecule has 0 saturated carbocycles. The first-order chi connectivity index (χ1) is 17.3. The first-order valence-corrected chi connectivity index (χ1v) is 11.4. The number of hydrogen-bond acceptors (Lipinski definition) is 8. The van der Waals surface area contributed by atoms with E-state index in [1.54, 1.807) is 24.9 Å². The fourth-order valence-corrected chi connectivity index (χ4v) is 4.50. The fraction of sp³-hybridized carbons (Fsp3) is 0.320. The number of hydrogen-bond donors (Lipinski definition) is 1. The summed E-state index contributed by atoms with van der Waals surface area (Å²) in [6.45, 7) is 2.91. The maximum absolute atomic E-state index is 12.5. The maximum atomic E-state index is 12.5. The number of aromatic amines is 1. The zero-order valence-electron chi connectivity index (χ0n) is 20.0. The number of rotatable bonds is 6. The molecule has 0 aliphatic carbocycles. The van der Waals surface area contributed by atoms with Crippen LogP contribution in [0.25, 0.3) is 22.0 Å².